The highest BCUT2D eigenvalue weighted by Crippen LogP contribution is 2.19. The maximum absolute atomic E-state index is 11.9. The van der Waals surface area contributed by atoms with Crippen molar-refractivity contribution in [1.82, 2.24) is 5.32 Å². The maximum Gasteiger partial charge on any atom is 0.408 e. The van der Waals surface area contributed by atoms with Crippen LogP contribution in [-0.2, 0) is 19.0 Å². The minimum atomic E-state index is -3.63. The summed E-state index contributed by atoms with van der Waals surface area (Å²) in [6.07, 6.45) is 0.268. The lowest BCUT2D eigenvalue weighted by molar-refractivity contribution is 0.0487. The molecule has 1 N–H and O–H groups in total. The monoisotopic (exact) mass is 349 g/mol. The van der Waals surface area contributed by atoms with Crippen LogP contribution in [0.2, 0.25) is 5.02 Å². The van der Waals surface area contributed by atoms with Gasteiger partial charge in [0, 0.05) is 5.02 Å². The molecular formula is C14H20ClNO5S. The zero-order valence-corrected chi connectivity index (χ0v) is 14.5. The molecule has 1 unspecified atom stereocenters. The van der Waals surface area contributed by atoms with Crippen LogP contribution >= 0.6 is 11.6 Å². The van der Waals surface area contributed by atoms with Crippen LogP contribution in [0.25, 0.3) is 0 Å². The lowest BCUT2D eigenvalue weighted by Crippen LogP contribution is -2.37. The first-order valence-electron chi connectivity index (χ1n) is 6.56. The first-order valence-corrected chi connectivity index (χ1v) is 8.75. The van der Waals surface area contributed by atoms with Crippen molar-refractivity contribution in [3.8, 4) is 0 Å². The number of hydrogen-bond donors (Lipinski definition) is 1. The highest BCUT2D eigenvalue weighted by atomic mass is 35.5. The van der Waals surface area contributed by atoms with E-state index in [1.165, 1.54) is 0 Å². The van der Waals surface area contributed by atoms with Gasteiger partial charge >= 0.3 is 6.09 Å². The van der Waals surface area contributed by atoms with Crippen molar-refractivity contribution in [2.75, 3.05) is 12.9 Å². The normalized spacial score (nSPS) is 13.5. The van der Waals surface area contributed by atoms with Crippen molar-refractivity contribution in [2.24, 2.45) is 0 Å². The van der Waals surface area contributed by atoms with Gasteiger partial charge in [0.2, 0.25) is 0 Å². The van der Waals surface area contributed by atoms with Crippen LogP contribution in [0.3, 0.4) is 0 Å². The first kappa shape index (κ1) is 18.7. The second kappa shape index (κ2) is 7.30. The largest absolute Gasteiger partial charge is 0.444 e. The van der Waals surface area contributed by atoms with Gasteiger partial charge in [0.05, 0.1) is 18.9 Å². The molecule has 0 saturated heterocycles. The number of rotatable bonds is 5. The molecule has 0 spiro atoms. The Kier molecular flexibility index (Phi) is 6.22. The van der Waals surface area contributed by atoms with Crippen LogP contribution < -0.4 is 5.32 Å². The molecule has 6 nitrogen and oxygen atoms in total. The lowest BCUT2D eigenvalue weighted by atomic mass is 10.1. The minimum absolute atomic E-state index is 0.252. The van der Waals surface area contributed by atoms with Gasteiger partial charge in [-0.3, -0.25) is 4.18 Å². The molecule has 1 aromatic carbocycles. The van der Waals surface area contributed by atoms with Gasteiger partial charge in [0.1, 0.15) is 5.60 Å². The SMILES string of the molecule is CC(C)(C)OC(=O)NC(COS(C)(=O)=O)c1cccc(Cl)c1. The summed E-state index contributed by atoms with van der Waals surface area (Å²) >= 11 is 5.92. The molecule has 0 aliphatic carbocycles. The molecule has 0 radical (unpaired) electrons. The van der Waals surface area contributed by atoms with Crippen molar-refractivity contribution in [3.63, 3.8) is 0 Å². The molecule has 22 heavy (non-hydrogen) atoms. The summed E-state index contributed by atoms with van der Waals surface area (Å²) in [7, 11) is -3.63. The van der Waals surface area contributed by atoms with Crippen LogP contribution in [0.4, 0.5) is 4.79 Å². The molecule has 0 aliphatic heterocycles. The fourth-order valence-electron chi connectivity index (χ4n) is 1.59. The van der Waals surface area contributed by atoms with Crippen LogP contribution in [0, 0.1) is 0 Å². The van der Waals surface area contributed by atoms with Crippen molar-refractivity contribution in [2.45, 2.75) is 32.4 Å². The Morgan fingerprint density at radius 2 is 2.00 bits per heavy atom. The van der Waals surface area contributed by atoms with Gasteiger partial charge in [0.25, 0.3) is 10.1 Å². The quantitative estimate of drug-likeness (QED) is 0.826. The van der Waals surface area contributed by atoms with Crippen molar-refractivity contribution in [1.29, 1.82) is 0 Å². The number of ether oxygens (including phenoxy) is 1. The molecule has 1 aromatic rings. The maximum atomic E-state index is 11.9. The molecule has 0 aromatic heterocycles. The Labute approximate surface area is 135 Å². The second-order valence-electron chi connectivity index (χ2n) is 5.74. The Morgan fingerprint density at radius 1 is 1.36 bits per heavy atom. The van der Waals surface area contributed by atoms with E-state index in [2.05, 4.69) is 5.32 Å². The molecule has 0 saturated carbocycles. The first-order chi connectivity index (χ1) is 9.96. The summed E-state index contributed by atoms with van der Waals surface area (Å²) in [6, 6.07) is 5.99. The fourth-order valence-corrected chi connectivity index (χ4v) is 2.17. The van der Waals surface area contributed by atoms with Crippen LogP contribution in [-0.4, -0.2) is 33.0 Å². The number of carbonyl (C=O) groups excluding carboxylic acids is 1. The molecule has 1 rings (SSSR count). The molecule has 1 atom stereocenters. The number of amides is 1. The Bertz CT molecular complexity index is 624. The average Bonchev–Trinajstić information content (AvgIpc) is 2.31. The van der Waals surface area contributed by atoms with Gasteiger partial charge in [-0.25, -0.2) is 4.79 Å². The number of hydrogen-bond acceptors (Lipinski definition) is 5. The standard InChI is InChI=1S/C14H20ClNO5S/c1-14(2,3)21-13(17)16-12(9-20-22(4,18)19)10-6-5-7-11(15)8-10/h5-8,12H,9H2,1-4H3,(H,16,17). The van der Waals surface area contributed by atoms with E-state index in [4.69, 9.17) is 20.5 Å². The number of nitrogens with one attached hydrogen (secondary N) is 1. The third-order valence-electron chi connectivity index (χ3n) is 2.39. The summed E-state index contributed by atoms with van der Waals surface area (Å²) in [5.41, 5.74) is -0.0530. The Hall–Kier alpha value is -1.31. The molecule has 0 aliphatic rings. The van der Waals surface area contributed by atoms with Gasteiger partial charge < -0.3 is 10.1 Å². The third kappa shape index (κ3) is 7.63. The summed E-state index contributed by atoms with van der Waals surface area (Å²) in [5.74, 6) is 0. The van der Waals surface area contributed by atoms with Crippen LogP contribution in [0.1, 0.15) is 32.4 Å². The minimum Gasteiger partial charge on any atom is -0.444 e. The van der Waals surface area contributed by atoms with Gasteiger partial charge in [-0.15, -0.1) is 0 Å². The van der Waals surface area contributed by atoms with Crippen molar-refractivity contribution in [3.05, 3.63) is 34.9 Å². The molecule has 8 heteroatoms. The molecule has 0 fully saturated rings. The second-order valence-corrected chi connectivity index (χ2v) is 7.82. The van der Waals surface area contributed by atoms with E-state index >= 15 is 0 Å². The van der Waals surface area contributed by atoms with Crippen LogP contribution in [0.15, 0.2) is 24.3 Å². The van der Waals surface area contributed by atoms with E-state index in [0.29, 0.717) is 10.6 Å². The fraction of sp³-hybridized carbons (Fsp3) is 0.500. The molecule has 0 heterocycles. The summed E-state index contributed by atoms with van der Waals surface area (Å²) in [5, 5.41) is 3.05. The van der Waals surface area contributed by atoms with E-state index in [1.807, 2.05) is 0 Å². The summed E-state index contributed by atoms with van der Waals surface area (Å²) < 4.78 is 32.3. The summed E-state index contributed by atoms with van der Waals surface area (Å²) in [4.78, 5) is 11.9. The van der Waals surface area contributed by atoms with Gasteiger partial charge in [-0.05, 0) is 38.5 Å². The number of carbonyl (C=O) groups is 1. The van der Waals surface area contributed by atoms with E-state index < -0.39 is 27.9 Å². The predicted molar refractivity (Wildman–Crippen MR) is 84.4 cm³/mol. The number of halogens is 1. The zero-order valence-electron chi connectivity index (χ0n) is 12.9. The number of benzene rings is 1. The number of alkyl carbamates (subject to hydrolysis) is 1. The Balaban J connectivity index is 2.89. The zero-order chi connectivity index (χ0) is 17.0. The molecule has 0 bridgehead atoms. The van der Waals surface area contributed by atoms with Gasteiger partial charge in [-0.2, -0.15) is 8.42 Å². The van der Waals surface area contributed by atoms with Crippen molar-refractivity contribution >= 4 is 27.8 Å². The smallest absolute Gasteiger partial charge is 0.408 e. The van der Waals surface area contributed by atoms with E-state index in [-0.39, 0.29) is 6.61 Å². The molecular weight excluding hydrogens is 330 g/mol. The lowest BCUT2D eigenvalue weighted by Gasteiger charge is -2.23. The van der Waals surface area contributed by atoms with Crippen molar-refractivity contribution < 1.29 is 22.1 Å². The highest BCUT2D eigenvalue weighted by Gasteiger charge is 2.22. The molecule has 124 valence electrons. The molecule has 1 amide bonds. The van der Waals surface area contributed by atoms with E-state index in [9.17, 15) is 13.2 Å². The van der Waals surface area contributed by atoms with Gasteiger partial charge in [0.15, 0.2) is 0 Å². The summed E-state index contributed by atoms with van der Waals surface area (Å²) in [6.45, 7) is 4.94. The Morgan fingerprint density at radius 3 is 2.50 bits per heavy atom. The third-order valence-corrected chi connectivity index (χ3v) is 3.19. The van der Waals surface area contributed by atoms with E-state index in [0.717, 1.165) is 6.26 Å². The average molecular weight is 350 g/mol. The van der Waals surface area contributed by atoms with E-state index in [1.54, 1.807) is 45.0 Å². The van der Waals surface area contributed by atoms with Gasteiger partial charge in [-0.1, -0.05) is 23.7 Å². The topological polar surface area (TPSA) is 81.7 Å². The van der Waals surface area contributed by atoms with Crippen LogP contribution in [0.5, 0.6) is 0 Å². The predicted octanol–water partition coefficient (Wildman–Crippen LogP) is 2.88. The highest BCUT2D eigenvalue weighted by molar-refractivity contribution is 7.85.